The summed E-state index contributed by atoms with van der Waals surface area (Å²) in [5.74, 6) is 0. The average molecular weight is 283 g/mol. The Kier molecular flexibility index (Phi) is 4.20. The highest BCUT2D eigenvalue weighted by molar-refractivity contribution is 8.14. The molecule has 0 N–H and O–H groups in total. The van der Waals surface area contributed by atoms with Gasteiger partial charge in [0.15, 0.2) is 0 Å². The minimum atomic E-state index is 0.660. The first-order valence-electron chi connectivity index (χ1n) is 5.00. The van der Waals surface area contributed by atoms with Crippen molar-refractivity contribution in [3.8, 4) is 0 Å². The molecule has 0 aliphatic rings. The molecular weight excluding hydrogens is 272 g/mol. The van der Waals surface area contributed by atoms with Gasteiger partial charge in [-0.3, -0.25) is 0 Å². The van der Waals surface area contributed by atoms with Crippen LogP contribution in [-0.2, 0) is 0 Å². The predicted octanol–water partition coefficient (Wildman–Crippen LogP) is 4.55. The number of para-hydroxylation sites is 1. The van der Waals surface area contributed by atoms with Crippen LogP contribution in [0.15, 0.2) is 35.5 Å². The largest absolute Gasteiger partial charge is 0.242 e. The Hall–Kier alpha value is -0.840. The monoisotopic (exact) mass is 282 g/mol. The van der Waals surface area contributed by atoms with Gasteiger partial charge < -0.3 is 0 Å². The summed E-state index contributed by atoms with van der Waals surface area (Å²) in [5, 5.41) is 2.50. The fourth-order valence-electron chi connectivity index (χ4n) is 1.29. The molecule has 0 radical (unpaired) electrons. The molecule has 0 spiro atoms. The molecule has 0 saturated carbocycles. The smallest absolute Gasteiger partial charge is 0.148 e. The number of hydrogen-bond acceptors (Lipinski definition) is 4. The number of hydrogen-bond donors (Lipinski definition) is 0. The molecule has 2 rings (SSSR count). The van der Waals surface area contributed by atoms with Gasteiger partial charge in [0.05, 0.1) is 10.7 Å². The fourth-order valence-corrected chi connectivity index (χ4v) is 2.90. The minimum Gasteiger partial charge on any atom is -0.242 e. The number of benzene rings is 1. The van der Waals surface area contributed by atoms with Crippen molar-refractivity contribution in [3.05, 3.63) is 45.4 Å². The van der Waals surface area contributed by atoms with Gasteiger partial charge in [-0.2, -0.15) is 0 Å². The van der Waals surface area contributed by atoms with E-state index in [0.29, 0.717) is 5.02 Å². The molecule has 0 atom stereocenters. The summed E-state index contributed by atoms with van der Waals surface area (Å²) >= 11 is 9.30. The Bertz CT molecular complexity index is 549. The van der Waals surface area contributed by atoms with Gasteiger partial charge in [-0.05, 0) is 25.3 Å². The third-order valence-electron chi connectivity index (χ3n) is 2.07. The summed E-state index contributed by atoms with van der Waals surface area (Å²) in [4.78, 5) is 10.1. The van der Waals surface area contributed by atoms with Crippen molar-refractivity contribution in [2.45, 2.75) is 6.92 Å². The highest BCUT2D eigenvalue weighted by Crippen LogP contribution is 2.27. The van der Waals surface area contributed by atoms with Gasteiger partial charge in [0.25, 0.3) is 0 Å². The lowest BCUT2D eigenvalue weighted by atomic mass is 10.3. The molecule has 1 aromatic heterocycles. The quantitative estimate of drug-likeness (QED) is 0.596. The number of thioether (sulfide) groups is 1. The molecular formula is C12H11ClN2S2. The second kappa shape index (κ2) is 5.67. The summed E-state index contributed by atoms with van der Waals surface area (Å²) in [7, 11) is 0. The summed E-state index contributed by atoms with van der Waals surface area (Å²) in [6.45, 7) is 2.04. The van der Waals surface area contributed by atoms with Crippen LogP contribution in [0.5, 0.6) is 0 Å². The molecule has 2 aromatic rings. The fraction of sp³-hybridized carbons (Fsp3) is 0.167. The van der Waals surface area contributed by atoms with E-state index < -0.39 is 0 Å². The van der Waals surface area contributed by atoms with E-state index in [1.54, 1.807) is 23.1 Å². The molecule has 88 valence electrons. The van der Waals surface area contributed by atoms with Gasteiger partial charge in [0.2, 0.25) is 0 Å². The molecule has 2 nitrogen and oxygen atoms in total. The number of thiazole rings is 1. The van der Waals surface area contributed by atoms with Crippen LogP contribution in [0.1, 0.15) is 9.88 Å². The maximum absolute atomic E-state index is 6.08. The molecule has 0 unspecified atom stereocenters. The van der Waals surface area contributed by atoms with E-state index in [1.165, 1.54) is 4.88 Å². The van der Waals surface area contributed by atoms with Crippen LogP contribution in [0.2, 0.25) is 5.02 Å². The first-order chi connectivity index (χ1) is 8.20. The third-order valence-corrected chi connectivity index (χ3v) is 4.11. The van der Waals surface area contributed by atoms with Gasteiger partial charge in [-0.15, -0.1) is 23.1 Å². The first kappa shape index (κ1) is 12.6. The molecule has 0 fully saturated rings. The van der Waals surface area contributed by atoms with E-state index in [4.69, 9.17) is 11.6 Å². The lowest BCUT2D eigenvalue weighted by Crippen LogP contribution is -1.92. The van der Waals surface area contributed by atoms with Crippen LogP contribution < -0.4 is 0 Å². The standard InChI is InChI=1S/C12H11ClN2S2/c1-8-7-14-11(17-8)12(16-2)15-10-6-4-3-5-9(10)13/h3-7H,1-2H3/b15-12-. The zero-order valence-corrected chi connectivity index (χ0v) is 11.9. The van der Waals surface area contributed by atoms with Gasteiger partial charge in [-0.25, -0.2) is 9.98 Å². The summed E-state index contributed by atoms with van der Waals surface area (Å²) < 4.78 is 0. The van der Waals surface area contributed by atoms with Crippen LogP contribution >= 0.6 is 34.7 Å². The van der Waals surface area contributed by atoms with Crippen LogP contribution in [-0.4, -0.2) is 16.3 Å². The highest BCUT2D eigenvalue weighted by atomic mass is 35.5. The zero-order chi connectivity index (χ0) is 12.3. The zero-order valence-electron chi connectivity index (χ0n) is 9.48. The van der Waals surface area contributed by atoms with Crippen molar-refractivity contribution in [2.24, 2.45) is 4.99 Å². The van der Waals surface area contributed by atoms with Crippen molar-refractivity contribution < 1.29 is 0 Å². The third kappa shape index (κ3) is 3.09. The Morgan fingerprint density at radius 1 is 1.41 bits per heavy atom. The topological polar surface area (TPSA) is 25.2 Å². The van der Waals surface area contributed by atoms with E-state index in [2.05, 4.69) is 9.98 Å². The SMILES string of the molecule is CS/C(=N\c1ccccc1Cl)c1ncc(C)s1. The van der Waals surface area contributed by atoms with Gasteiger partial charge in [-0.1, -0.05) is 23.7 Å². The van der Waals surface area contributed by atoms with E-state index in [0.717, 1.165) is 15.7 Å². The Morgan fingerprint density at radius 3 is 2.76 bits per heavy atom. The molecule has 0 aliphatic carbocycles. The molecule has 0 bridgehead atoms. The molecule has 17 heavy (non-hydrogen) atoms. The summed E-state index contributed by atoms with van der Waals surface area (Å²) in [6.07, 6.45) is 3.85. The van der Waals surface area contributed by atoms with Crippen molar-refractivity contribution in [1.82, 2.24) is 4.98 Å². The second-order valence-electron chi connectivity index (χ2n) is 3.35. The Morgan fingerprint density at radius 2 is 2.18 bits per heavy atom. The molecule has 5 heteroatoms. The molecule has 1 heterocycles. The summed E-state index contributed by atoms with van der Waals surface area (Å²) in [6, 6.07) is 7.56. The van der Waals surface area contributed by atoms with E-state index in [-0.39, 0.29) is 0 Å². The number of aryl methyl sites for hydroxylation is 1. The Labute approximate surface area is 114 Å². The van der Waals surface area contributed by atoms with Gasteiger partial charge in [0, 0.05) is 11.1 Å². The number of aromatic nitrogens is 1. The predicted molar refractivity (Wildman–Crippen MR) is 78.0 cm³/mol. The lowest BCUT2D eigenvalue weighted by Gasteiger charge is -2.01. The number of aliphatic imine (C=N–C) groups is 1. The van der Waals surface area contributed by atoms with Crippen molar-refractivity contribution in [1.29, 1.82) is 0 Å². The number of rotatable bonds is 2. The average Bonchev–Trinajstić information content (AvgIpc) is 2.75. The lowest BCUT2D eigenvalue weighted by molar-refractivity contribution is 1.36. The maximum atomic E-state index is 6.08. The van der Waals surface area contributed by atoms with Gasteiger partial charge in [0.1, 0.15) is 10.1 Å². The molecule has 0 saturated heterocycles. The van der Waals surface area contributed by atoms with Crippen molar-refractivity contribution in [2.75, 3.05) is 6.26 Å². The number of halogens is 1. The normalized spacial score (nSPS) is 11.8. The van der Waals surface area contributed by atoms with Crippen molar-refractivity contribution in [3.63, 3.8) is 0 Å². The molecule has 0 aliphatic heterocycles. The minimum absolute atomic E-state index is 0.660. The van der Waals surface area contributed by atoms with Gasteiger partial charge >= 0.3 is 0 Å². The first-order valence-corrected chi connectivity index (χ1v) is 7.42. The van der Waals surface area contributed by atoms with E-state index in [9.17, 15) is 0 Å². The maximum Gasteiger partial charge on any atom is 0.148 e. The molecule has 1 aromatic carbocycles. The van der Waals surface area contributed by atoms with E-state index >= 15 is 0 Å². The highest BCUT2D eigenvalue weighted by Gasteiger charge is 2.08. The molecule has 0 amide bonds. The van der Waals surface area contributed by atoms with Crippen LogP contribution in [0.3, 0.4) is 0 Å². The van der Waals surface area contributed by atoms with Crippen LogP contribution in [0.4, 0.5) is 5.69 Å². The van der Waals surface area contributed by atoms with Crippen LogP contribution in [0, 0.1) is 6.92 Å². The van der Waals surface area contributed by atoms with E-state index in [1.807, 2.05) is 43.6 Å². The van der Waals surface area contributed by atoms with Crippen LogP contribution in [0.25, 0.3) is 0 Å². The Balaban J connectivity index is 2.39. The number of nitrogens with zero attached hydrogens (tertiary/aromatic N) is 2. The van der Waals surface area contributed by atoms with Crippen molar-refractivity contribution >= 4 is 45.4 Å². The summed E-state index contributed by atoms with van der Waals surface area (Å²) in [5.41, 5.74) is 0.784. The second-order valence-corrected chi connectivity index (χ2v) is 5.79.